The molecule has 0 spiro atoms. The Bertz CT molecular complexity index is 885. The maximum atomic E-state index is 12.0. The molecule has 0 aliphatic carbocycles. The van der Waals surface area contributed by atoms with E-state index in [-0.39, 0.29) is 11.5 Å². The summed E-state index contributed by atoms with van der Waals surface area (Å²) in [4.78, 5) is 26.0. The van der Waals surface area contributed by atoms with Crippen LogP contribution in [0.25, 0.3) is 10.9 Å². The van der Waals surface area contributed by atoms with E-state index in [4.69, 9.17) is 0 Å². The number of carbonyl (C=O) groups excluding carboxylic acids is 1. The number of carbonyl (C=O) groups is 1. The summed E-state index contributed by atoms with van der Waals surface area (Å²) in [6.45, 7) is 0.550. The number of fused-ring (bicyclic) bond motifs is 1. The molecule has 2 aromatic heterocycles. The van der Waals surface area contributed by atoms with Crippen LogP contribution in [0.15, 0.2) is 57.5 Å². The van der Waals surface area contributed by atoms with Crippen LogP contribution in [0, 0.1) is 0 Å². The second-order valence-corrected chi connectivity index (χ2v) is 7.12. The van der Waals surface area contributed by atoms with Crippen LogP contribution in [0.2, 0.25) is 0 Å². The van der Waals surface area contributed by atoms with Gasteiger partial charge in [0.1, 0.15) is 0 Å². The summed E-state index contributed by atoms with van der Waals surface area (Å²) in [5, 5.41) is 5.88. The fourth-order valence-electron chi connectivity index (χ4n) is 2.29. The third kappa shape index (κ3) is 3.65. The van der Waals surface area contributed by atoms with Crippen molar-refractivity contribution in [3.05, 3.63) is 63.1 Å². The molecule has 4 nitrogen and oxygen atoms in total. The number of nitrogens with zero attached hydrogens (tertiary/aromatic N) is 1. The average Bonchev–Trinajstić information content (AvgIpc) is 3.08. The van der Waals surface area contributed by atoms with Gasteiger partial charge in [0.2, 0.25) is 5.91 Å². The summed E-state index contributed by atoms with van der Waals surface area (Å²) in [5.41, 5.74) is 0.812. The van der Waals surface area contributed by atoms with Crippen molar-refractivity contribution in [2.45, 2.75) is 11.4 Å². The summed E-state index contributed by atoms with van der Waals surface area (Å²) in [6, 6.07) is 13.3. The zero-order chi connectivity index (χ0) is 16.2. The Morgan fingerprint density at radius 2 is 2.09 bits per heavy atom. The Hall–Kier alpha value is -2.05. The topological polar surface area (TPSA) is 51.1 Å². The molecule has 23 heavy (non-hydrogen) atoms. The molecule has 0 atom stereocenters. The van der Waals surface area contributed by atoms with Gasteiger partial charge in [-0.25, -0.2) is 0 Å². The highest BCUT2D eigenvalue weighted by Crippen LogP contribution is 2.25. The molecule has 2 heterocycles. The molecule has 3 rings (SSSR count). The number of para-hydroxylation sites is 1. The maximum absolute atomic E-state index is 12.0. The highest BCUT2D eigenvalue weighted by Gasteiger charge is 2.09. The van der Waals surface area contributed by atoms with Crippen LogP contribution in [0.1, 0.15) is 4.88 Å². The van der Waals surface area contributed by atoms with Crippen molar-refractivity contribution in [1.29, 1.82) is 0 Å². The monoisotopic (exact) mass is 344 g/mol. The fraction of sp³-hybridized carbons (Fsp3) is 0.176. The first-order chi connectivity index (χ1) is 11.1. The highest BCUT2D eigenvalue weighted by molar-refractivity contribution is 8.00. The summed E-state index contributed by atoms with van der Waals surface area (Å²) in [7, 11) is 1.76. The number of aromatic nitrogens is 1. The molecule has 0 saturated carbocycles. The van der Waals surface area contributed by atoms with E-state index in [0.29, 0.717) is 12.3 Å². The number of hydrogen-bond acceptors (Lipinski definition) is 4. The Kier molecular flexibility index (Phi) is 4.83. The third-order valence-corrected chi connectivity index (χ3v) is 5.45. The molecular formula is C17H16N2O2S2. The second-order valence-electron chi connectivity index (χ2n) is 5.07. The van der Waals surface area contributed by atoms with E-state index in [1.54, 1.807) is 29.0 Å². The van der Waals surface area contributed by atoms with Crippen molar-refractivity contribution in [3.63, 3.8) is 0 Å². The van der Waals surface area contributed by atoms with Crippen molar-refractivity contribution in [2.24, 2.45) is 7.05 Å². The molecule has 0 aliphatic heterocycles. The Morgan fingerprint density at radius 3 is 2.87 bits per heavy atom. The van der Waals surface area contributed by atoms with Gasteiger partial charge in [0.05, 0.1) is 17.8 Å². The first-order valence-corrected chi connectivity index (χ1v) is 9.02. The van der Waals surface area contributed by atoms with Crippen LogP contribution in [-0.2, 0) is 18.4 Å². The lowest BCUT2D eigenvalue weighted by Crippen LogP contribution is -2.24. The molecule has 1 N–H and O–H groups in total. The van der Waals surface area contributed by atoms with Crippen LogP contribution in [-0.4, -0.2) is 16.2 Å². The highest BCUT2D eigenvalue weighted by atomic mass is 32.2. The van der Waals surface area contributed by atoms with Gasteiger partial charge in [-0.2, -0.15) is 0 Å². The van der Waals surface area contributed by atoms with Crippen molar-refractivity contribution in [2.75, 3.05) is 5.75 Å². The van der Waals surface area contributed by atoms with Gasteiger partial charge in [0, 0.05) is 28.3 Å². The number of pyridine rings is 1. The van der Waals surface area contributed by atoms with Crippen LogP contribution >= 0.6 is 23.1 Å². The molecule has 118 valence electrons. The summed E-state index contributed by atoms with van der Waals surface area (Å²) < 4.78 is 1.62. The lowest BCUT2D eigenvalue weighted by molar-refractivity contribution is -0.118. The molecule has 0 unspecified atom stereocenters. The van der Waals surface area contributed by atoms with E-state index >= 15 is 0 Å². The number of aryl methyl sites for hydroxylation is 1. The number of nitrogens with one attached hydrogen (secondary N) is 1. The number of amides is 1. The van der Waals surface area contributed by atoms with Crippen LogP contribution in [0.5, 0.6) is 0 Å². The van der Waals surface area contributed by atoms with Gasteiger partial charge in [0.15, 0.2) is 0 Å². The number of hydrogen-bond donors (Lipinski definition) is 1. The van der Waals surface area contributed by atoms with E-state index in [0.717, 1.165) is 20.7 Å². The van der Waals surface area contributed by atoms with Crippen molar-refractivity contribution in [1.82, 2.24) is 9.88 Å². The molecule has 0 saturated heterocycles. The van der Waals surface area contributed by atoms with E-state index in [1.807, 2.05) is 41.8 Å². The van der Waals surface area contributed by atoms with Gasteiger partial charge in [-0.15, -0.1) is 23.1 Å². The van der Waals surface area contributed by atoms with Crippen LogP contribution in [0.4, 0.5) is 0 Å². The molecule has 0 aliphatic rings. The molecule has 1 aromatic carbocycles. The van der Waals surface area contributed by atoms with Gasteiger partial charge in [-0.3, -0.25) is 9.59 Å². The first-order valence-electron chi connectivity index (χ1n) is 7.16. The minimum atomic E-state index is -0.0646. The minimum Gasteiger partial charge on any atom is -0.350 e. The lowest BCUT2D eigenvalue weighted by atomic mass is 10.2. The largest absolute Gasteiger partial charge is 0.350 e. The third-order valence-electron chi connectivity index (χ3n) is 3.51. The number of thiophene rings is 1. The molecule has 0 radical (unpaired) electrons. The van der Waals surface area contributed by atoms with Gasteiger partial charge < -0.3 is 9.88 Å². The second kappa shape index (κ2) is 7.02. The normalized spacial score (nSPS) is 10.8. The zero-order valence-corrected chi connectivity index (χ0v) is 14.2. The average molecular weight is 344 g/mol. The molecule has 3 aromatic rings. The van der Waals surface area contributed by atoms with Gasteiger partial charge in [-0.05, 0) is 17.5 Å². The molecular weight excluding hydrogens is 328 g/mol. The molecule has 0 fully saturated rings. The predicted molar refractivity (Wildman–Crippen MR) is 96.1 cm³/mol. The smallest absolute Gasteiger partial charge is 0.251 e. The van der Waals surface area contributed by atoms with Crippen molar-refractivity contribution >= 4 is 39.9 Å². The Labute approximate surface area is 142 Å². The van der Waals surface area contributed by atoms with E-state index in [9.17, 15) is 9.59 Å². The standard InChI is InChI=1S/C17H16N2O2S2/c1-19-14-7-3-2-6-13(14)15(9-17(19)21)23-11-16(20)18-10-12-5-4-8-22-12/h2-9H,10-11H2,1H3,(H,18,20). The predicted octanol–water partition coefficient (Wildman–Crippen LogP) is 3.01. The van der Waals surface area contributed by atoms with Crippen molar-refractivity contribution in [3.8, 4) is 0 Å². The number of rotatable bonds is 5. The maximum Gasteiger partial charge on any atom is 0.251 e. The van der Waals surface area contributed by atoms with Crippen LogP contribution in [0.3, 0.4) is 0 Å². The SMILES string of the molecule is Cn1c(=O)cc(SCC(=O)NCc2cccs2)c2ccccc21. The van der Waals surface area contributed by atoms with E-state index in [1.165, 1.54) is 11.8 Å². The fourth-order valence-corrected chi connectivity index (χ4v) is 3.84. The summed E-state index contributed by atoms with van der Waals surface area (Å²) in [6.07, 6.45) is 0. The molecule has 6 heteroatoms. The molecule has 1 amide bonds. The number of thioether (sulfide) groups is 1. The summed E-state index contributed by atoms with van der Waals surface area (Å²) >= 11 is 3.02. The zero-order valence-electron chi connectivity index (χ0n) is 12.6. The lowest BCUT2D eigenvalue weighted by Gasteiger charge is -2.09. The van der Waals surface area contributed by atoms with Crippen molar-refractivity contribution < 1.29 is 4.79 Å². The molecule has 0 bridgehead atoms. The first kappa shape index (κ1) is 15.8. The summed E-state index contributed by atoms with van der Waals surface area (Å²) in [5.74, 6) is 0.260. The van der Waals surface area contributed by atoms with E-state index < -0.39 is 0 Å². The van der Waals surface area contributed by atoms with Gasteiger partial charge in [0.25, 0.3) is 5.56 Å². The number of benzene rings is 1. The van der Waals surface area contributed by atoms with Gasteiger partial charge in [-0.1, -0.05) is 24.3 Å². The van der Waals surface area contributed by atoms with Crippen LogP contribution < -0.4 is 10.9 Å². The van der Waals surface area contributed by atoms with Gasteiger partial charge >= 0.3 is 0 Å². The Balaban J connectivity index is 1.71. The Morgan fingerprint density at radius 1 is 1.26 bits per heavy atom. The quantitative estimate of drug-likeness (QED) is 0.724. The minimum absolute atomic E-state index is 0.0341. The van der Waals surface area contributed by atoms with E-state index in [2.05, 4.69) is 5.32 Å².